The van der Waals surface area contributed by atoms with Crippen molar-refractivity contribution >= 4 is 27.6 Å². The Kier molecular flexibility index (Phi) is 38.7. The van der Waals surface area contributed by atoms with Crippen molar-refractivity contribution in [2.45, 2.75) is 217 Å². The van der Waals surface area contributed by atoms with Gasteiger partial charge in [-0.15, -0.1) is 0 Å². The lowest BCUT2D eigenvalue weighted by Gasteiger charge is -2.43. The van der Waals surface area contributed by atoms with Crippen molar-refractivity contribution < 1.29 is 82.0 Å². The first-order chi connectivity index (χ1) is 34.0. The molecule has 9 atom stereocenters. The van der Waals surface area contributed by atoms with Crippen LogP contribution in [-0.4, -0.2) is 114 Å². The Balaban J connectivity index is 2.61. The number of carbonyl (C=O) groups excluding carboxylic acids is 2. The topological polar surface area (TPSA) is 276 Å². The highest BCUT2D eigenvalue weighted by molar-refractivity contribution is 7.47. The highest BCUT2D eigenvalue weighted by Crippen LogP contribution is 2.49. The summed E-state index contributed by atoms with van der Waals surface area (Å²) in [5, 5.41) is 51.2. The van der Waals surface area contributed by atoms with Crippen molar-refractivity contribution in [1.29, 1.82) is 0 Å². The van der Waals surface area contributed by atoms with Crippen LogP contribution in [0.1, 0.15) is 168 Å². The van der Waals surface area contributed by atoms with Crippen LogP contribution >= 0.6 is 15.6 Å². The van der Waals surface area contributed by atoms with Crippen LogP contribution in [0.4, 0.5) is 0 Å². The zero-order valence-corrected chi connectivity index (χ0v) is 44.0. The van der Waals surface area contributed by atoms with E-state index in [1.165, 1.54) is 25.7 Å². The van der Waals surface area contributed by atoms with Crippen LogP contribution in [0.15, 0.2) is 85.1 Å². The summed E-state index contributed by atoms with van der Waals surface area (Å²) in [6.45, 7) is 2.92. The monoisotopic (exact) mass is 1050 g/mol. The van der Waals surface area contributed by atoms with Gasteiger partial charge in [-0.3, -0.25) is 23.2 Å². The fourth-order valence-electron chi connectivity index (χ4n) is 7.25. The number of ether oxygens (including phenoxy) is 2. The Morgan fingerprint density at radius 1 is 0.521 bits per heavy atom. The van der Waals surface area contributed by atoms with Gasteiger partial charge in [-0.2, -0.15) is 0 Å². The van der Waals surface area contributed by atoms with E-state index in [-0.39, 0.29) is 12.8 Å². The van der Waals surface area contributed by atoms with Crippen LogP contribution in [0.25, 0.3) is 0 Å². The number of aliphatic hydroxyl groups is 5. The predicted molar refractivity (Wildman–Crippen MR) is 275 cm³/mol. The molecule has 5 unspecified atom stereocenters. The normalized spacial score (nSPS) is 22.0. The summed E-state index contributed by atoms with van der Waals surface area (Å²) < 4.78 is 49.4. The van der Waals surface area contributed by atoms with E-state index in [0.29, 0.717) is 25.7 Å². The van der Waals surface area contributed by atoms with Crippen LogP contribution in [0.3, 0.4) is 0 Å². The molecule has 408 valence electrons. The molecule has 0 radical (unpaired) electrons. The Morgan fingerprint density at radius 2 is 1.00 bits per heavy atom. The molecule has 8 N–H and O–H groups in total. The van der Waals surface area contributed by atoms with Gasteiger partial charge in [-0.25, -0.2) is 9.13 Å². The summed E-state index contributed by atoms with van der Waals surface area (Å²) in [6.07, 6.45) is 34.2. The third-order valence-corrected chi connectivity index (χ3v) is 12.8. The van der Waals surface area contributed by atoms with E-state index in [9.17, 15) is 58.9 Å². The third-order valence-electron chi connectivity index (χ3n) is 11.3. The summed E-state index contributed by atoms with van der Waals surface area (Å²) in [5.74, 6) is -1.32. The van der Waals surface area contributed by atoms with Gasteiger partial charge in [0.1, 0.15) is 43.2 Å². The van der Waals surface area contributed by atoms with Gasteiger partial charge in [0.05, 0.1) is 12.7 Å². The van der Waals surface area contributed by atoms with E-state index in [4.69, 9.17) is 18.5 Å². The molecule has 71 heavy (non-hydrogen) atoms. The summed E-state index contributed by atoms with van der Waals surface area (Å²) in [5.41, 5.74) is 0. The van der Waals surface area contributed by atoms with Crippen molar-refractivity contribution in [3.05, 3.63) is 85.1 Å². The van der Waals surface area contributed by atoms with Crippen molar-refractivity contribution in [2.75, 3.05) is 13.2 Å². The SMILES string of the molecule is CCCCCC/C=C\C/C=C\C/C=C\CCCCCCCCC(=O)OC[C@H](COP(=O)(O)O[C@H]1C(O)C(O)C(O)[C@@H](OP(=O)(O)O)C1O)OC(=O)CCC/C=C\C/C=C\C/C=C\C=C\[C@@H](O)CCCCC. The molecule has 0 spiro atoms. The highest BCUT2D eigenvalue weighted by Gasteiger charge is 2.54. The second kappa shape index (κ2) is 41.5. The second-order valence-corrected chi connectivity index (χ2v) is 20.3. The van der Waals surface area contributed by atoms with E-state index in [2.05, 4.69) is 54.8 Å². The lowest BCUT2D eigenvalue weighted by Crippen LogP contribution is -2.64. The molecule has 19 heteroatoms. The molecule has 0 saturated heterocycles. The number of phosphoric acid groups is 2. The fraction of sp³-hybridized carbons (Fsp3) is 0.692. The minimum atomic E-state index is -5.38. The molecule has 1 saturated carbocycles. The lowest BCUT2D eigenvalue weighted by molar-refractivity contribution is -0.216. The number of unbranched alkanes of at least 4 members (excludes halogenated alkanes) is 13. The Labute approximate surface area is 423 Å². The summed E-state index contributed by atoms with van der Waals surface area (Å²) in [6, 6.07) is 0. The van der Waals surface area contributed by atoms with Gasteiger partial charge in [-0.1, -0.05) is 163 Å². The van der Waals surface area contributed by atoms with Crippen LogP contribution in [0.2, 0.25) is 0 Å². The Bertz CT molecular complexity index is 1710. The first-order valence-corrected chi connectivity index (χ1v) is 28.8. The molecule has 1 aliphatic carbocycles. The molecule has 1 fully saturated rings. The van der Waals surface area contributed by atoms with Gasteiger partial charge in [0.15, 0.2) is 6.10 Å². The van der Waals surface area contributed by atoms with Crippen LogP contribution in [0, 0.1) is 0 Å². The van der Waals surface area contributed by atoms with E-state index >= 15 is 0 Å². The van der Waals surface area contributed by atoms with Gasteiger partial charge in [0, 0.05) is 12.8 Å². The molecular weight excluding hydrogens is 959 g/mol. The second-order valence-electron chi connectivity index (χ2n) is 17.7. The maximum Gasteiger partial charge on any atom is 0.472 e. The standard InChI is InChI=1S/C52H88O17P2/c1-3-5-7-8-9-10-11-12-13-14-15-16-17-18-19-22-25-28-31-35-39-45(54)65-41-44(42-66-71(63,64)69-52-49(58)47(56)48(57)51(50(52)59)68-70(60,61)62)67-46(55)40-36-32-29-26-23-20-21-24-27-30-34-38-43(53)37-33-6-4-2/h10-11,13-14,16-17,20-21,26-27,29-30,34,38,43-44,47-53,56-59H,3-9,12,15,18-19,22-25,28,31-33,35-37,39-42H2,1-2H3,(H,63,64)(H2,60,61,62)/b11-10-,14-13-,17-16-,21-20-,29-26-,30-27-,38-34+/t43-,44+,47?,48?,49?,50?,51+,52-/m0/s1. The first kappa shape index (κ1) is 66.2. The maximum atomic E-state index is 13.0. The average molecular weight is 1050 g/mol. The molecule has 0 heterocycles. The molecular formula is C52H88O17P2. The van der Waals surface area contributed by atoms with Crippen molar-refractivity contribution in [3.63, 3.8) is 0 Å². The number of phosphoric ester groups is 2. The van der Waals surface area contributed by atoms with Crippen LogP contribution in [0.5, 0.6) is 0 Å². The quantitative estimate of drug-likeness (QED) is 0.00929. The average Bonchev–Trinajstić information content (AvgIpc) is 3.32. The smallest absolute Gasteiger partial charge is 0.462 e. The van der Waals surface area contributed by atoms with Gasteiger partial charge in [0.2, 0.25) is 0 Å². The maximum absolute atomic E-state index is 13.0. The number of carbonyl (C=O) groups is 2. The van der Waals surface area contributed by atoms with Crippen LogP contribution in [-0.2, 0) is 41.8 Å². The minimum absolute atomic E-state index is 0.0593. The molecule has 0 amide bonds. The Hall–Kier alpha value is -2.86. The first-order valence-electron chi connectivity index (χ1n) is 25.7. The number of allylic oxidation sites excluding steroid dienone is 13. The number of hydrogen-bond acceptors (Lipinski definition) is 14. The van der Waals surface area contributed by atoms with E-state index in [0.717, 1.165) is 89.9 Å². The zero-order valence-electron chi connectivity index (χ0n) is 42.2. The van der Waals surface area contributed by atoms with E-state index in [1.807, 2.05) is 42.5 Å². The number of aliphatic hydroxyl groups excluding tert-OH is 5. The lowest BCUT2D eigenvalue weighted by atomic mass is 9.85. The summed E-state index contributed by atoms with van der Waals surface area (Å²) in [7, 11) is -10.7. The van der Waals surface area contributed by atoms with E-state index in [1.54, 1.807) is 6.08 Å². The van der Waals surface area contributed by atoms with Gasteiger partial charge >= 0.3 is 27.6 Å². The number of esters is 2. The van der Waals surface area contributed by atoms with Gasteiger partial charge in [-0.05, 0) is 77.0 Å². The Morgan fingerprint density at radius 3 is 1.58 bits per heavy atom. The number of hydrogen-bond donors (Lipinski definition) is 8. The predicted octanol–water partition coefficient (Wildman–Crippen LogP) is 9.54. The largest absolute Gasteiger partial charge is 0.472 e. The molecule has 17 nitrogen and oxygen atoms in total. The van der Waals surface area contributed by atoms with Crippen molar-refractivity contribution in [3.8, 4) is 0 Å². The number of rotatable bonds is 42. The molecule has 0 aromatic rings. The molecule has 1 aliphatic rings. The third kappa shape index (κ3) is 35.9. The van der Waals surface area contributed by atoms with Gasteiger partial charge < -0.3 is 49.7 Å². The van der Waals surface area contributed by atoms with Crippen LogP contribution < -0.4 is 0 Å². The minimum Gasteiger partial charge on any atom is -0.462 e. The molecule has 0 aliphatic heterocycles. The summed E-state index contributed by atoms with van der Waals surface area (Å²) >= 11 is 0. The molecule has 0 aromatic carbocycles. The van der Waals surface area contributed by atoms with Gasteiger partial charge in [0.25, 0.3) is 0 Å². The molecule has 0 bridgehead atoms. The van der Waals surface area contributed by atoms with E-state index < -0.39 is 89.6 Å². The van der Waals surface area contributed by atoms with Crippen molar-refractivity contribution in [1.82, 2.24) is 0 Å². The van der Waals surface area contributed by atoms with Crippen molar-refractivity contribution in [2.24, 2.45) is 0 Å². The summed E-state index contributed by atoms with van der Waals surface area (Å²) in [4.78, 5) is 54.4. The zero-order chi connectivity index (χ0) is 52.6. The fourth-order valence-corrected chi connectivity index (χ4v) is 8.79. The highest BCUT2D eigenvalue weighted by atomic mass is 31.2. The molecule has 0 aromatic heterocycles. The molecule has 1 rings (SSSR count).